The minimum atomic E-state index is -0.639. The summed E-state index contributed by atoms with van der Waals surface area (Å²) in [4.78, 5) is 38.7. The Morgan fingerprint density at radius 1 is 1.09 bits per heavy atom. The standard InChI is InChI=1S/C24H29ClN4O3/c1-16-6-8-18(9-7-16)14-22(26-17(2)30)23(31)27-20-10-12-29(13-11-20)24(32)28-21-5-3-4-19(25)15-21/h3-9,15,20,22H,10-14H2,1-2H3,(H,26,30)(H,27,31)(H,28,32)/t22-/m1/s1. The summed E-state index contributed by atoms with van der Waals surface area (Å²) in [6.45, 7) is 4.47. The molecule has 0 radical (unpaired) electrons. The maximum absolute atomic E-state index is 12.9. The second-order valence-corrected chi connectivity index (χ2v) is 8.59. The number of hydrogen-bond donors (Lipinski definition) is 3. The summed E-state index contributed by atoms with van der Waals surface area (Å²) in [6, 6.07) is 14.0. The molecule has 8 heteroatoms. The topological polar surface area (TPSA) is 90.5 Å². The van der Waals surface area contributed by atoms with Gasteiger partial charge in [-0.1, -0.05) is 47.5 Å². The molecule has 1 saturated heterocycles. The van der Waals surface area contributed by atoms with Crippen molar-refractivity contribution in [1.29, 1.82) is 0 Å². The van der Waals surface area contributed by atoms with Gasteiger partial charge in [0.15, 0.2) is 0 Å². The van der Waals surface area contributed by atoms with E-state index >= 15 is 0 Å². The minimum Gasteiger partial charge on any atom is -0.351 e. The van der Waals surface area contributed by atoms with Gasteiger partial charge in [-0.15, -0.1) is 0 Å². The lowest BCUT2D eigenvalue weighted by atomic mass is 10.0. The zero-order chi connectivity index (χ0) is 23.1. The van der Waals surface area contributed by atoms with E-state index in [0.29, 0.717) is 43.1 Å². The third-order valence-corrected chi connectivity index (χ3v) is 5.69. The number of likely N-dealkylation sites (tertiary alicyclic amines) is 1. The smallest absolute Gasteiger partial charge is 0.321 e. The Morgan fingerprint density at radius 3 is 2.41 bits per heavy atom. The summed E-state index contributed by atoms with van der Waals surface area (Å²) in [5.41, 5.74) is 2.77. The molecule has 170 valence electrons. The fraction of sp³-hybridized carbons (Fsp3) is 0.375. The van der Waals surface area contributed by atoms with E-state index < -0.39 is 6.04 Å². The molecule has 7 nitrogen and oxygen atoms in total. The molecule has 0 unspecified atom stereocenters. The van der Waals surface area contributed by atoms with Gasteiger partial charge in [0.1, 0.15) is 6.04 Å². The summed E-state index contributed by atoms with van der Waals surface area (Å²) in [7, 11) is 0. The number of piperidine rings is 1. The number of urea groups is 1. The van der Waals surface area contributed by atoms with Gasteiger partial charge in [-0.2, -0.15) is 0 Å². The number of nitrogens with zero attached hydrogens (tertiary/aromatic N) is 1. The van der Waals surface area contributed by atoms with Crippen LogP contribution in [-0.4, -0.2) is 47.9 Å². The summed E-state index contributed by atoms with van der Waals surface area (Å²) in [6.07, 6.45) is 1.71. The Hall–Kier alpha value is -3.06. The van der Waals surface area contributed by atoms with Crippen molar-refractivity contribution in [1.82, 2.24) is 15.5 Å². The molecule has 1 fully saturated rings. The first kappa shape index (κ1) is 23.6. The highest BCUT2D eigenvalue weighted by Gasteiger charge is 2.27. The molecule has 3 rings (SSSR count). The average Bonchev–Trinajstić information content (AvgIpc) is 2.75. The summed E-state index contributed by atoms with van der Waals surface area (Å²) >= 11 is 5.97. The van der Waals surface area contributed by atoms with Crippen LogP contribution < -0.4 is 16.0 Å². The fourth-order valence-electron chi connectivity index (χ4n) is 3.71. The number of benzene rings is 2. The molecule has 2 aromatic carbocycles. The summed E-state index contributed by atoms with van der Waals surface area (Å²) < 4.78 is 0. The second-order valence-electron chi connectivity index (χ2n) is 8.15. The van der Waals surface area contributed by atoms with Crippen LogP contribution in [0, 0.1) is 6.92 Å². The van der Waals surface area contributed by atoms with E-state index in [1.54, 1.807) is 29.2 Å². The van der Waals surface area contributed by atoms with Gasteiger partial charge in [-0.3, -0.25) is 9.59 Å². The number of halogens is 1. The maximum atomic E-state index is 12.9. The van der Waals surface area contributed by atoms with Crippen LogP contribution >= 0.6 is 11.6 Å². The molecule has 0 spiro atoms. The number of nitrogens with one attached hydrogen (secondary N) is 3. The first-order valence-electron chi connectivity index (χ1n) is 10.7. The predicted molar refractivity (Wildman–Crippen MR) is 126 cm³/mol. The Morgan fingerprint density at radius 2 is 1.78 bits per heavy atom. The van der Waals surface area contributed by atoms with Crippen LogP contribution in [0.15, 0.2) is 48.5 Å². The van der Waals surface area contributed by atoms with Gasteiger partial charge in [-0.05, 0) is 43.5 Å². The van der Waals surface area contributed by atoms with Crippen molar-refractivity contribution in [3.8, 4) is 0 Å². The van der Waals surface area contributed by atoms with E-state index in [9.17, 15) is 14.4 Å². The third kappa shape index (κ3) is 6.99. The highest BCUT2D eigenvalue weighted by Crippen LogP contribution is 2.17. The van der Waals surface area contributed by atoms with Gasteiger partial charge in [-0.25, -0.2) is 4.79 Å². The van der Waals surface area contributed by atoms with E-state index in [4.69, 9.17) is 11.6 Å². The predicted octanol–water partition coefficient (Wildman–Crippen LogP) is 3.51. The van der Waals surface area contributed by atoms with E-state index in [-0.39, 0.29) is 23.9 Å². The lowest BCUT2D eigenvalue weighted by molar-refractivity contribution is -0.128. The third-order valence-electron chi connectivity index (χ3n) is 5.46. The minimum absolute atomic E-state index is 0.0491. The van der Waals surface area contributed by atoms with Gasteiger partial charge >= 0.3 is 6.03 Å². The first-order chi connectivity index (χ1) is 15.3. The number of anilines is 1. The van der Waals surface area contributed by atoms with E-state index in [1.807, 2.05) is 31.2 Å². The number of carbonyl (C=O) groups is 3. The molecule has 1 aliphatic rings. The average molecular weight is 457 g/mol. The van der Waals surface area contributed by atoms with Gasteiger partial charge in [0.2, 0.25) is 11.8 Å². The molecule has 1 atom stereocenters. The largest absolute Gasteiger partial charge is 0.351 e. The Labute approximate surface area is 193 Å². The number of amides is 4. The number of carbonyl (C=O) groups excluding carboxylic acids is 3. The number of rotatable bonds is 6. The molecule has 1 aliphatic heterocycles. The van der Waals surface area contributed by atoms with Crippen LogP contribution in [0.2, 0.25) is 5.02 Å². The SMILES string of the molecule is CC(=O)N[C@H](Cc1ccc(C)cc1)C(=O)NC1CCN(C(=O)Nc2cccc(Cl)c2)CC1. The highest BCUT2D eigenvalue weighted by atomic mass is 35.5. The van der Waals surface area contributed by atoms with Crippen LogP contribution in [0.5, 0.6) is 0 Å². The fourth-order valence-corrected chi connectivity index (χ4v) is 3.90. The molecule has 0 bridgehead atoms. The molecule has 1 heterocycles. The Kier molecular flexibility index (Phi) is 8.11. The molecule has 32 heavy (non-hydrogen) atoms. The van der Waals surface area contributed by atoms with Gasteiger partial charge in [0, 0.05) is 43.2 Å². The van der Waals surface area contributed by atoms with Crippen molar-refractivity contribution < 1.29 is 14.4 Å². The molecule has 0 aliphatic carbocycles. The molecular weight excluding hydrogens is 428 g/mol. The number of aryl methyl sites for hydroxylation is 1. The van der Waals surface area contributed by atoms with E-state index in [0.717, 1.165) is 11.1 Å². The van der Waals surface area contributed by atoms with Crippen molar-refractivity contribution in [3.05, 3.63) is 64.7 Å². The lowest BCUT2D eigenvalue weighted by Crippen LogP contribution is -2.53. The van der Waals surface area contributed by atoms with Crippen LogP contribution in [0.4, 0.5) is 10.5 Å². The van der Waals surface area contributed by atoms with Gasteiger partial charge < -0.3 is 20.9 Å². The second kappa shape index (κ2) is 11.0. The summed E-state index contributed by atoms with van der Waals surface area (Å²) in [5.74, 6) is -0.452. The molecular formula is C24H29ClN4O3. The zero-order valence-corrected chi connectivity index (χ0v) is 19.1. The molecule has 2 aromatic rings. The van der Waals surface area contributed by atoms with Crippen LogP contribution in [-0.2, 0) is 16.0 Å². The monoisotopic (exact) mass is 456 g/mol. The molecule has 0 saturated carbocycles. The van der Waals surface area contributed by atoms with Gasteiger partial charge in [0.05, 0.1) is 0 Å². The van der Waals surface area contributed by atoms with Crippen LogP contribution in [0.3, 0.4) is 0 Å². The van der Waals surface area contributed by atoms with Crippen molar-refractivity contribution >= 4 is 35.1 Å². The highest BCUT2D eigenvalue weighted by molar-refractivity contribution is 6.30. The first-order valence-corrected chi connectivity index (χ1v) is 11.1. The van der Waals surface area contributed by atoms with Crippen LogP contribution in [0.1, 0.15) is 30.9 Å². The van der Waals surface area contributed by atoms with Gasteiger partial charge in [0.25, 0.3) is 0 Å². The van der Waals surface area contributed by atoms with Crippen molar-refractivity contribution in [3.63, 3.8) is 0 Å². The lowest BCUT2D eigenvalue weighted by Gasteiger charge is -2.33. The van der Waals surface area contributed by atoms with E-state index in [2.05, 4.69) is 16.0 Å². The number of hydrogen-bond acceptors (Lipinski definition) is 3. The normalized spacial score (nSPS) is 15.0. The van der Waals surface area contributed by atoms with Crippen molar-refractivity contribution in [2.24, 2.45) is 0 Å². The Bertz CT molecular complexity index is 956. The Balaban J connectivity index is 1.51. The molecule has 3 N–H and O–H groups in total. The van der Waals surface area contributed by atoms with Crippen molar-refractivity contribution in [2.45, 2.75) is 45.2 Å². The quantitative estimate of drug-likeness (QED) is 0.621. The molecule has 0 aromatic heterocycles. The zero-order valence-electron chi connectivity index (χ0n) is 18.4. The molecule has 4 amide bonds. The van der Waals surface area contributed by atoms with E-state index in [1.165, 1.54) is 6.92 Å². The van der Waals surface area contributed by atoms with Crippen molar-refractivity contribution in [2.75, 3.05) is 18.4 Å². The van der Waals surface area contributed by atoms with Crippen LogP contribution in [0.25, 0.3) is 0 Å². The summed E-state index contributed by atoms with van der Waals surface area (Å²) in [5, 5.41) is 9.20. The maximum Gasteiger partial charge on any atom is 0.321 e.